The third-order valence-corrected chi connectivity index (χ3v) is 6.61. The van der Waals surface area contributed by atoms with Gasteiger partial charge in [-0.1, -0.05) is 0 Å². The Labute approximate surface area is 202 Å². The molecule has 37 heavy (non-hydrogen) atoms. The largest absolute Gasteiger partial charge is 0.470 e. The van der Waals surface area contributed by atoms with E-state index in [0.29, 0.717) is 0 Å². The van der Waals surface area contributed by atoms with Gasteiger partial charge in [0.25, 0.3) is 0 Å². The van der Waals surface area contributed by atoms with Crippen molar-refractivity contribution in [1.29, 1.82) is 0 Å². The molecule has 12 N–H and O–H groups in total. The summed E-state index contributed by atoms with van der Waals surface area (Å²) < 4.78 is 93.1. The number of hydrogen-bond acceptors (Lipinski definition) is 12. The fourth-order valence-electron chi connectivity index (χ4n) is 2.79. The van der Waals surface area contributed by atoms with Crippen LogP contribution in [-0.4, -0.2) is 95.3 Å². The van der Waals surface area contributed by atoms with Crippen LogP contribution in [0.1, 0.15) is 0 Å². The van der Waals surface area contributed by atoms with Gasteiger partial charge in [-0.05, 0) is 0 Å². The SMILES string of the molecule is F.O=P(O)(O)O[C@H]1[C@H](OP(=O)(O)O)[C@@H](OP(=O)(O)O)[C@H](OP(=O)(O)O)[C@@H](OP(=O)(O)O)[C@H]1OP(=O)(O)O. The third-order valence-electron chi connectivity index (χ3n) is 3.50. The number of halogens is 1. The molecule has 0 unspecified atom stereocenters. The van der Waals surface area contributed by atoms with Crippen LogP contribution in [0.4, 0.5) is 4.70 Å². The van der Waals surface area contributed by atoms with Crippen molar-refractivity contribution in [3.05, 3.63) is 0 Å². The maximum atomic E-state index is 11.4. The van der Waals surface area contributed by atoms with E-state index in [1.165, 1.54) is 0 Å². The number of hydrogen-bond donors (Lipinski definition) is 12. The van der Waals surface area contributed by atoms with Gasteiger partial charge in [0.05, 0.1) is 0 Å². The van der Waals surface area contributed by atoms with E-state index in [2.05, 4.69) is 27.1 Å². The van der Waals surface area contributed by atoms with E-state index < -0.39 is 83.6 Å². The van der Waals surface area contributed by atoms with Gasteiger partial charge in [0.15, 0.2) is 0 Å². The topological polar surface area (TPSA) is 401 Å². The van der Waals surface area contributed by atoms with Gasteiger partial charge in [0.2, 0.25) is 0 Å². The summed E-state index contributed by atoms with van der Waals surface area (Å²) in [6.07, 6.45) is -18.9. The van der Waals surface area contributed by atoms with Gasteiger partial charge in [-0.2, -0.15) is 0 Å². The van der Waals surface area contributed by atoms with E-state index in [0.717, 1.165) is 0 Å². The molecule has 0 radical (unpaired) electrons. The molecule has 0 aliphatic heterocycles. The van der Waals surface area contributed by atoms with Crippen molar-refractivity contribution in [2.24, 2.45) is 0 Å². The van der Waals surface area contributed by atoms with E-state index in [4.69, 9.17) is 58.7 Å². The number of rotatable bonds is 12. The second-order valence-corrected chi connectivity index (χ2v) is 13.5. The van der Waals surface area contributed by atoms with Gasteiger partial charge < -0.3 is 58.7 Å². The Morgan fingerprint density at radius 1 is 0.297 bits per heavy atom. The van der Waals surface area contributed by atoms with Crippen LogP contribution < -0.4 is 0 Å². The van der Waals surface area contributed by atoms with Crippen LogP contribution in [0.3, 0.4) is 0 Å². The minimum absolute atomic E-state index is 0. The average molecular weight is 680 g/mol. The molecular formula is C6H19FO24P6. The summed E-state index contributed by atoms with van der Waals surface area (Å²) >= 11 is 0. The summed E-state index contributed by atoms with van der Waals surface area (Å²) in [6, 6.07) is 0. The molecule has 31 heteroatoms. The predicted octanol–water partition coefficient (Wildman–Crippen LogP) is -2.98. The fraction of sp³-hybridized carbons (Fsp3) is 1.00. The Bertz CT molecular complexity index is 824. The summed E-state index contributed by atoms with van der Waals surface area (Å²) in [5.41, 5.74) is 0. The van der Waals surface area contributed by atoms with Gasteiger partial charge in [-0.3, -0.25) is 31.8 Å². The smallest absolute Gasteiger partial charge is 0.303 e. The van der Waals surface area contributed by atoms with E-state index in [1.54, 1.807) is 0 Å². The standard InChI is InChI=1S/C6H18O24P6.FH/c7-31(8,9)25-1-2(26-32(10,11)12)4(28-34(16,17)18)6(30-36(22,23)24)5(29-35(19,20)21)3(1)27-33(13,14)15;/h1-6H,(H2,7,8,9)(H2,10,11,12)(H2,13,14,15)(H2,16,17,18)(H2,19,20,21)(H2,22,23,24);1H/t1-,2-,3-,4+,5-,6-;. The third kappa shape index (κ3) is 14.7. The first kappa shape index (κ1) is 37.6. The lowest BCUT2D eigenvalue weighted by atomic mass is 9.85. The molecular weight excluding hydrogens is 661 g/mol. The first-order valence-corrected chi connectivity index (χ1v) is 17.2. The van der Waals surface area contributed by atoms with Crippen LogP contribution in [-0.2, 0) is 54.5 Å². The van der Waals surface area contributed by atoms with E-state index in [9.17, 15) is 27.4 Å². The molecule has 0 atom stereocenters. The predicted molar refractivity (Wildman–Crippen MR) is 104 cm³/mol. The normalized spacial score (nSPS) is 28.5. The van der Waals surface area contributed by atoms with Crippen LogP contribution >= 0.6 is 46.9 Å². The summed E-state index contributed by atoms with van der Waals surface area (Å²) in [5.74, 6) is 0. The second-order valence-electron chi connectivity index (χ2n) is 6.36. The Hall–Kier alpha value is 0.590. The second kappa shape index (κ2) is 12.6. The molecule has 1 aliphatic rings. The summed E-state index contributed by atoms with van der Waals surface area (Å²) in [5, 5.41) is 0. The minimum atomic E-state index is -6.02. The number of phosphoric ester groups is 6. The molecule has 1 rings (SSSR count). The Balaban J connectivity index is 0.0000130. The van der Waals surface area contributed by atoms with Gasteiger partial charge in [0.1, 0.15) is 36.6 Å². The molecule has 0 aromatic rings. The van der Waals surface area contributed by atoms with E-state index in [-0.39, 0.29) is 4.70 Å². The van der Waals surface area contributed by atoms with Crippen molar-refractivity contribution >= 4 is 46.9 Å². The molecule has 224 valence electrons. The molecule has 0 spiro atoms. The maximum Gasteiger partial charge on any atom is 0.470 e. The highest BCUT2D eigenvalue weighted by atomic mass is 31.2. The van der Waals surface area contributed by atoms with Gasteiger partial charge in [0, 0.05) is 0 Å². The first-order valence-electron chi connectivity index (χ1n) is 8.01. The monoisotopic (exact) mass is 680 g/mol. The van der Waals surface area contributed by atoms with Crippen LogP contribution in [0.15, 0.2) is 0 Å². The van der Waals surface area contributed by atoms with Crippen molar-refractivity contribution in [2.45, 2.75) is 36.6 Å². The van der Waals surface area contributed by atoms with Gasteiger partial charge >= 0.3 is 46.9 Å². The Morgan fingerprint density at radius 2 is 0.378 bits per heavy atom. The quantitative estimate of drug-likeness (QED) is 0.0915. The highest BCUT2D eigenvalue weighted by molar-refractivity contribution is 7.47. The highest BCUT2D eigenvalue weighted by Crippen LogP contribution is 2.57. The molecule has 1 saturated carbocycles. The maximum absolute atomic E-state index is 11.4. The molecule has 0 amide bonds. The van der Waals surface area contributed by atoms with Crippen molar-refractivity contribution in [1.82, 2.24) is 0 Å². The molecule has 0 heterocycles. The lowest BCUT2D eigenvalue weighted by Gasteiger charge is -2.48. The molecule has 0 aromatic carbocycles. The lowest BCUT2D eigenvalue weighted by molar-refractivity contribution is -0.202. The summed E-state index contributed by atoms with van der Waals surface area (Å²) in [4.78, 5) is 110. The fourth-order valence-corrected chi connectivity index (χ4v) is 6.14. The molecule has 1 fully saturated rings. The Kier molecular flexibility index (Phi) is 12.8. The molecule has 0 bridgehead atoms. The Morgan fingerprint density at radius 3 is 0.432 bits per heavy atom. The molecule has 0 aromatic heterocycles. The van der Waals surface area contributed by atoms with Crippen LogP contribution in [0, 0.1) is 0 Å². The molecule has 1 aliphatic carbocycles. The van der Waals surface area contributed by atoms with Crippen molar-refractivity contribution in [2.75, 3.05) is 0 Å². The van der Waals surface area contributed by atoms with E-state index >= 15 is 0 Å². The lowest BCUT2D eigenvalue weighted by Crippen LogP contribution is -2.66. The first-order chi connectivity index (χ1) is 15.6. The van der Waals surface area contributed by atoms with Gasteiger partial charge in [-0.25, -0.2) is 27.4 Å². The van der Waals surface area contributed by atoms with Crippen LogP contribution in [0.2, 0.25) is 0 Å². The van der Waals surface area contributed by atoms with Crippen molar-refractivity contribution < 1.29 is 118 Å². The zero-order chi connectivity index (χ0) is 28.7. The summed E-state index contributed by atoms with van der Waals surface area (Å²) in [7, 11) is -36.1. The van der Waals surface area contributed by atoms with Crippen molar-refractivity contribution in [3.63, 3.8) is 0 Å². The zero-order valence-corrected chi connectivity index (χ0v) is 22.2. The average Bonchev–Trinajstić information content (AvgIpc) is 2.51. The van der Waals surface area contributed by atoms with E-state index in [1.807, 2.05) is 0 Å². The molecule has 0 saturated heterocycles. The highest BCUT2D eigenvalue weighted by Gasteiger charge is 2.62. The number of phosphoric acid groups is 6. The summed E-state index contributed by atoms with van der Waals surface area (Å²) in [6.45, 7) is 0. The van der Waals surface area contributed by atoms with Gasteiger partial charge in [-0.15, -0.1) is 0 Å². The van der Waals surface area contributed by atoms with Crippen molar-refractivity contribution in [3.8, 4) is 0 Å². The zero-order valence-electron chi connectivity index (χ0n) is 16.8. The molecule has 24 nitrogen and oxygen atoms in total. The van der Waals surface area contributed by atoms with Crippen LogP contribution in [0.5, 0.6) is 0 Å². The minimum Gasteiger partial charge on any atom is -0.303 e. The van der Waals surface area contributed by atoms with Crippen LogP contribution in [0.25, 0.3) is 0 Å².